The van der Waals surface area contributed by atoms with Crippen molar-refractivity contribution in [3.8, 4) is 0 Å². The third-order valence-electron chi connectivity index (χ3n) is 4.71. The number of carbonyl (C=O) groups is 1. The van der Waals surface area contributed by atoms with Crippen LogP contribution in [-0.2, 0) is 0 Å². The number of carboxylic acids is 1. The third-order valence-corrected chi connectivity index (χ3v) is 4.95. The van der Waals surface area contributed by atoms with Gasteiger partial charge in [0.05, 0.1) is 23.1 Å². The normalized spacial score (nSPS) is 15.7. The summed E-state index contributed by atoms with van der Waals surface area (Å²) in [4.78, 5) is 17.7. The smallest absolute Gasteiger partial charge is 0.337 e. The summed E-state index contributed by atoms with van der Waals surface area (Å²) in [6.45, 7) is 1.95. The fourth-order valence-corrected chi connectivity index (χ4v) is 3.50. The Labute approximate surface area is 170 Å². The van der Waals surface area contributed by atoms with E-state index in [0.29, 0.717) is 10.7 Å². The van der Waals surface area contributed by atoms with Crippen molar-refractivity contribution in [2.24, 2.45) is 0 Å². The minimum atomic E-state index is -0.994. The van der Waals surface area contributed by atoms with Crippen molar-refractivity contribution in [3.63, 3.8) is 0 Å². The van der Waals surface area contributed by atoms with Crippen molar-refractivity contribution in [2.45, 2.75) is 25.4 Å². The van der Waals surface area contributed by atoms with Crippen LogP contribution in [0.15, 0.2) is 36.7 Å². The van der Waals surface area contributed by atoms with Crippen LogP contribution in [0, 0.1) is 0 Å². The van der Waals surface area contributed by atoms with Crippen LogP contribution in [0.2, 0.25) is 5.02 Å². The van der Waals surface area contributed by atoms with Gasteiger partial charge in [-0.3, -0.25) is 4.98 Å². The summed E-state index contributed by atoms with van der Waals surface area (Å²) in [7, 11) is 4.17. The molecule has 0 fully saturated rings. The highest BCUT2D eigenvalue weighted by Crippen LogP contribution is 2.36. The minimum absolute atomic E-state index is 0.183. The van der Waals surface area contributed by atoms with Crippen LogP contribution in [-0.4, -0.2) is 48.1 Å². The molecule has 1 unspecified atom stereocenters. The Morgan fingerprint density at radius 3 is 2.89 bits per heavy atom. The number of hydrogen-bond donors (Lipinski definition) is 3. The Hall–Kier alpha value is -2.35. The first-order chi connectivity index (χ1) is 13.5. The van der Waals surface area contributed by atoms with Crippen LogP contribution in [0.25, 0.3) is 0 Å². The van der Waals surface area contributed by atoms with Crippen molar-refractivity contribution in [1.29, 1.82) is 0 Å². The molecule has 3 rings (SSSR count). The van der Waals surface area contributed by atoms with Crippen molar-refractivity contribution < 1.29 is 9.90 Å². The zero-order valence-corrected chi connectivity index (χ0v) is 16.9. The lowest BCUT2D eigenvalue weighted by Gasteiger charge is -2.22. The molecule has 2 heterocycles. The molecule has 7 nitrogen and oxygen atoms in total. The topological polar surface area (TPSA) is 80.7 Å². The number of unbranched alkanes of at least 4 members (excludes halogenated alkanes) is 2. The van der Waals surface area contributed by atoms with Crippen LogP contribution in [0.4, 0.5) is 11.4 Å². The zero-order chi connectivity index (χ0) is 20.1. The van der Waals surface area contributed by atoms with Crippen LogP contribution in [0.3, 0.4) is 0 Å². The number of aromatic carboxylic acids is 1. The number of hydrogen-bond acceptors (Lipinski definition) is 6. The van der Waals surface area contributed by atoms with E-state index in [4.69, 9.17) is 11.6 Å². The standard InChI is InChI=1S/C20H26ClN5O2/c1-25(2)10-4-3-5-11-26-18-7-6-14(21)12-16(18)19(24-26)23-17-13-22-9-8-15(17)20(27)28/h6-9,12-13,19,23-24H,3-5,10-11H2,1-2H3,(H,27,28). The Balaban J connectivity index is 1.72. The van der Waals surface area contributed by atoms with E-state index in [1.54, 1.807) is 0 Å². The molecule has 1 aliphatic rings. The second kappa shape index (κ2) is 9.23. The lowest BCUT2D eigenvalue weighted by molar-refractivity contribution is 0.0697. The lowest BCUT2D eigenvalue weighted by atomic mass is 10.1. The fourth-order valence-electron chi connectivity index (χ4n) is 3.32. The van der Waals surface area contributed by atoms with E-state index in [1.165, 1.54) is 18.5 Å². The average Bonchev–Trinajstić information content (AvgIpc) is 2.98. The Kier molecular flexibility index (Phi) is 6.72. The molecule has 0 radical (unpaired) electrons. The van der Waals surface area contributed by atoms with Crippen LogP contribution < -0.4 is 15.8 Å². The second-order valence-electron chi connectivity index (χ2n) is 7.15. The van der Waals surface area contributed by atoms with Crippen LogP contribution >= 0.6 is 11.6 Å². The quantitative estimate of drug-likeness (QED) is 0.552. The Bertz CT molecular complexity index is 830. The molecule has 1 aromatic carbocycles. The number of nitrogens with zero attached hydrogens (tertiary/aromatic N) is 3. The molecule has 3 N–H and O–H groups in total. The Morgan fingerprint density at radius 2 is 2.14 bits per heavy atom. The van der Waals surface area contributed by atoms with Gasteiger partial charge in [-0.1, -0.05) is 18.0 Å². The van der Waals surface area contributed by atoms with E-state index in [-0.39, 0.29) is 11.7 Å². The number of anilines is 2. The highest BCUT2D eigenvalue weighted by atomic mass is 35.5. The number of fused-ring (bicyclic) bond motifs is 1. The molecule has 1 aromatic heterocycles. The monoisotopic (exact) mass is 403 g/mol. The number of carboxylic acid groups (broad SMARTS) is 1. The summed E-state index contributed by atoms with van der Waals surface area (Å²) in [5.74, 6) is -0.994. The van der Waals surface area contributed by atoms with E-state index in [1.807, 2.05) is 18.2 Å². The first-order valence-electron chi connectivity index (χ1n) is 9.37. The predicted octanol–water partition coefficient (Wildman–Crippen LogP) is 3.60. The number of halogens is 1. The predicted molar refractivity (Wildman–Crippen MR) is 112 cm³/mol. The molecule has 0 aliphatic carbocycles. The van der Waals surface area contributed by atoms with E-state index < -0.39 is 5.97 Å². The highest BCUT2D eigenvalue weighted by molar-refractivity contribution is 6.30. The van der Waals surface area contributed by atoms with Crippen molar-refractivity contribution in [3.05, 3.63) is 52.8 Å². The lowest BCUT2D eigenvalue weighted by Crippen LogP contribution is -2.38. The summed E-state index contributed by atoms with van der Waals surface area (Å²) in [5.41, 5.74) is 6.12. The van der Waals surface area contributed by atoms with Gasteiger partial charge in [-0.15, -0.1) is 0 Å². The summed E-state index contributed by atoms with van der Waals surface area (Å²) in [6.07, 6.45) is 6.08. The summed E-state index contributed by atoms with van der Waals surface area (Å²) < 4.78 is 0. The third kappa shape index (κ3) is 4.92. The largest absolute Gasteiger partial charge is 0.478 e. The highest BCUT2D eigenvalue weighted by Gasteiger charge is 2.29. The van der Waals surface area contributed by atoms with Gasteiger partial charge in [0.1, 0.15) is 6.17 Å². The molecule has 2 aromatic rings. The minimum Gasteiger partial charge on any atom is -0.478 e. The van der Waals surface area contributed by atoms with Crippen LogP contribution in [0.5, 0.6) is 0 Å². The number of rotatable bonds is 9. The molecule has 0 bridgehead atoms. The van der Waals surface area contributed by atoms with E-state index in [0.717, 1.165) is 43.6 Å². The number of pyridine rings is 1. The van der Waals surface area contributed by atoms with Gasteiger partial charge in [0.15, 0.2) is 0 Å². The SMILES string of the molecule is CN(C)CCCCCN1NC(Nc2cnccc2C(=O)O)c2cc(Cl)ccc21. The molecule has 1 atom stereocenters. The average molecular weight is 404 g/mol. The van der Waals surface area contributed by atoms with Gasteiger partial charge in [-0.25, -0.2) is 10.2 Å². The number of aromatic nitrogens is 1. The summed E-state index contributed by atoms with van der Waals surface area (Å²) >= 11 is 6.21. The van der Waals surface area contributed by atoms with Gasteiger partial charge in [0, 0.05) is 23.3 Å². The van der Waals surface area contributed by atoms with Crippen LogP contribution in [0.1, 0.15) is 41.3 Å². The van der Waals surface area contributed by atoms with Crippen molar-refractivity contribution >= 4 is 28.9 Å². The van der Waals surface area contributed by atoms with Gasteiger partial charge in [-0.2, -0.15) is 0 Å². The fraction of sp³-hybridized carbons (Fsp3) is 0.400. The molecule has 150 valence electrons. The maximum atomic E-state index is 11.5. The van der Waals surface area contributed by atoms with E-state index in [9.17, 15) is 9.90 Å². The number of hydrazine groups is 1. The van der Waals surface area contributed by atoms with E-state index in [2.05, 4.69) is 39.7 Å². The summed E-state index contributed by atoms with van der Waals surface area (Å²) in [6, 6.07) is 7.26. The zero-order valence-electron chi connectivity index (χ0n) is 16.2. The molecule has 0 saturated heterocycles. The Morgan fingerprint density at radius 1 is 1.32 bits per heavy atom. The molecule has 8 heteroatoms. The number of nitrogens with one attached hydrogen (secondary N) is 2. The van der Waals surface area contributed by atoms with Gasteiger partial charge in [0.25, 0.3) is 0 Å². The summed E-state index contributed by atoms with van der Waals surface area (Å²) in [5, 5.41) is 15.4. The molecule has 0 spiro atoms. The molecule has 1 aliphatic heterocycles. The maximum absolute atomic E-state index is 11.5. The molecule has 0 saturated carbocycles. The van der Waals surface area contributed by atoms with Gasteiger partial charge < -0.3 is 20.3 Å². The van der Waals surface area contributed by atoms with Crippen molar-refractivity contribution in [2.75, 3.05) is 37.5 Å². The molecular weight excluding hydrogens is 378 g/mol. The molecular formula is C20H26ClN5O2. The van der Waals surface area contributed by atoms with Gasteiger partial charge in [0.2, 0.25) is 0 Å². The first-order valence-corrected chi connectivity index (χ1v) is 9.75. The second-order valence-corrected chi connectivity index (χ2v) is 7.59. The van der Waals surface area contributed by atoms with Gasteiger partial charge in [-0.05, 0) is 57.7 Å². The van der Waals surface area contributed by atoms with Gasteiger partial charge >= 0.3 is 5.97 Å². The first kappa shape index (κ1) is 20.4. The molecule has 28 heavy (non-hydrogen) atoms. The maximum Gasteiger partial charge on any atom is 0.337 e. The molecule has 0 amide bonds. The van der Waals surface area contributed by atoms with E-state index >= 15 is 0 Å². The number of benzene rings is 1. The van der Waals surface area contributed by atoms with Crippen molar-refractivity contribution in [1.82, 2.24) is 15.3 Å².